The lowest BCUT2D eigenvalue weighted by Gasteiger charge is -2.14. The van der Waals surface area contributed by atoms with Gasteiger partial charge in [0.25, 0.3) is 0 Å². The second-order valence-corrected chi connectivity index (χ2v) is 5.39. The molecule has 0 fully saturated rings. The molecule has 3 heterocycles. The van der Waals surface area contributed by atoms with Crippen LogP contribution < -0.4 is 10.6 Å². The highest BCUT2D eigenvalue weighted by Gasteiger charge is 2.13. The maximum absolute atomic E-state index is 4.51. The molecule has 0 saturated heterocycles. The van der Waals surface area contributed by atoms with E-state index < -0.39 is 0 Å². The minimum Gasteiger partial charge on any atom is -0.361 e. The van der Waals surface area contributed by atoms with Crippen molar-refractivity contribution in [1.29, 1.82) is 0 Å². The zero-order valence-electron chi connectivity index (χ0n) is 11.3. The first-order chi connectivity index (χ1) is 9.78. The number of anilines is 2. The van der Waals surface area contributed by atoms with Crippen molar-refractivity contribution in [2.45, 2.75) is 19.9 Å². The minimum atomic E-state index is 0.186. The van der Waals surface area contributed by atoms with E-state index >= 15 is 0 Å². The van der Waals surface area contributed by atoms with Crippen LogP contribution in [0.5, 0.6) is 0 Å². The van der Waals surface area contributed by atoms with Crippen LogP contribution in [0.1, 0.15) is 24.8 Å². The van der Waals surface area contributed by atoms with E-state index in [4.69, 9.17) is 0 Å². The van der Waals surface area contributed by atoms with E-state index in [0.29, 0.717) is 11.6 Å². The highest BCUT2D eigenvalue weighted by atomic mass is 32.1. The first kappa shape index (κ1) is 12.9. The van der Waals surface area contributed by atoms with Crippen LogP contribution in [0.15, 0.2) is 23.8 Å². The van der Waals surface area contributed by atoms with E-state index in [-0.39, 0.29) is 6.04 Å². The molecule has 0 spiro atoms. The second kappa shape index (κ2) is 5.46. The van der Waals surface area contributed by atoms with Gasteiger partial charge in [0, 0.05) is 11.4 Å². The molecule has 0 aliphatic carbocycles. The summed E-state index contributed by atoms with van der Waals surface area (Å²) in [7, 11) is 0. The van der Waals surface area contributed by atoms with Crippen LogP contribution in [0, 0.1) is 0 Å². The fourth-order valence-electron chi connectivity index (χ4n) is 1.99. The molecular weight excluding hydrogens is 272 g/mol. The van der Waals surface area contributed by atoms with E-state index in [2.05, 4.69) is 48.9 Å². The number of aromatic nitrogens is 4. The van der Waals surface area contributed by atoms with Crippen LogP contribution in [0.25, 0.3) is 11.2 Å². The summed E-state index contributed by atoms with van der Waals surface area (Å²) in [5.41, 5.74) is 1.49. The lowest BCUT2D eigenvalue weighted by atomic mass is 10.3. The molecule has 0 saturated carbocycles. The predicted molar refractivity (Wildman–Crippen MR) is 82.2 cm³/mol. The van der Waals surface area contributed by atoms with Crippen molar-refractivity contribution in [3.05, 3.63) is 28.7 Å². The van der Waals surface area contributed by atoms with Gasteiger partial charge in [-0.2, -0.15) is 9.97 Å². The molecule has 0 aliphatic rings. The fraction of sp³-hybridized carbons (Fsp3) is 0.308. The molecule has 3 aromatic heterocycles. The van der Waals surface area contributed by atoms with Crippen molar-refractivity contribution in [2.24, 2.45) is 0 Å². The van der Waals surface area contributed by atoms with Crippen molar-refractivity contribution in [3.8, 4) is 0 Å². The third-order valence-electron chi connectivity index (χ3n) is 2.94. The Morgan fingerprint density at radius 3 is 3.05 bits per heavy atom. The average molecular weight is 288 g/mol. The summed E-state index contributed by atoms with van der Waals surface area (Å²) >= 11 is 1.72. The fourth-order valence-corrected chi connectivity index (χ4v) is 2.72. The van der Waals surface area contributed by atoms with Crippen molar-refractivity contribution >= 4 is 34.3 Å². The normalized spacial score (nSPS) is 12.5. The quantitative estimate of drug-likeness (QED) is 0.672. The Hall–Kier alpha value is -2.15. The standard InChI is InChI=1S/C13H16N6S/c1-3-14-13-18-11-10(15-7-16-11)12(19-13)17-8(2)9-5-4-6-20-9/h4-8H,3H2,1-2H3,(H3,14,15,16,17,18,19). The first-order valence-electron chi connectivity index (χ1n) is 6.53. The van der Waals surface area contributed by atoms with Gasteiger partial charge in [-0.1, -0.05) is 6.07 Å². The number of H-pyrrole nitrogens is 1. The van der Waals surface area contributed by atoms with E-state index in [1.807, 2.05) is 13.0 Å². The molecule has 0 aliphatic heterocycles. The zero-order valence-corrected chi connectivity index (χ0v) is 12.2. The summed E-state index contributed by atoms with van der Waals surface area (Å²) in [5, 5.41) is 8.62. The summed E-state index contributed by atoms with van der Waals surface area (Å²) in [6, 6.07) is 4.35. The molecule has 7 heteroatoms. The minimum absolute atomic E-state index is 0.186. The van der Waals surface area contributed by atoms with Crippen molar-refractivity contribution in [3.63, 3.8) is 0 Å². The molecule has 0 aromatic carbocycles. The number of thiophene rings is 1. The molecule has 6 nitrogen and oxygen atoms in total. The largest absolute Gasteiger partial charge is 0.361 e. The highest BCUT2D eigenvalue weighted by Crippen LogP contribution is 2.26. The van der Waals surface area contributed by atoms with Gasteiger partial charge in [-0.05, 0) is 25.3 Å². The summed E-state index contributed by atoms with van der Waals surface area (Å²) in [4.78, 5) is 17.4. The molecule has 1 atom stereocenters. The Morgan fingerprint density at radius 2 is 2.30 bits per heavy atom. The van der Waals surface area contributed by atoms with Gasteiger partial charge in [0.1, 0.15) is 5.52 Å². The number of aromatic amines is 1. The molecule has 3 aromatic rings. The van der Waals surface area contributed by atoms with Crippen LogP contribution in [0.4, 0.5) is 11.8 Å². The molecule has 0 radical (unpaired) electrons. The Labute approximate surface area is 120 Å². The van der Waals surface area contributed by atoms with Gasteiger partial charge < -0.3 is 15.6 Å². The van der Waals surface area contributed by atoms with E-state index in [0.717, 1.165) is 17.9 Å². The maximum Gasteiger partial charge on any atom is 0.226 e. The molecule has 1 unspecified atom stereocenters. The summed E-state index contributed by atoms with van der Waals surface area (Å²) in [6.45, 7) is 4.90. The lowest BCUT2D eigenvalue weighted by molar-refractivity contribution is 0.896. The van der Waals surface area contributed by atoms with Crippen LogP contribution in [-0.2, 0) is 0 Å². The number of fused-ring (bicyclic) bond motifs is 1. The number of nitrogens with zero attached hydrogens (tertiary/aromatic N) is 3. The Morgan fingerprint density at radius 1 is 1.40 bits per heavy atom. The van der Waals surface area contributed by atoms with E-state index in [1.165, 1.54) is 4.88 Å². The molecule has 3 rings (SSSR count). The topological polar surface area (TPSA) is 78.5 Å². The molecule has 104 valence electrons. The van der Waals surface area contributed by atoms with Gasteiger partial charge in [-0.25, -0.2) is 4.98 Å². The van der Waals surface area contributed by atoms with E-state index in [9.17, 15) is 0 Å². The van der Waals surface area contributed by atoms with Gasteiger partial charge in [-0.3, -0.25) is 0 Å². The van der Waals surface area contributed by atoms with Crippen LogP contribution in [0.3, 0.4) is 0 Å². The maximum atomic E-state index is 4.51. The Bertz CT molecular complexity index is 690. The van der Waals surface area contributed by atoms with Crippen LogP contribution in [0.2, 0.25) is 0 Å². The van der Waals surface area contributed by atoms with E-state index in [1.54, 1.807) is 17.7 Å². The zero-order chi connectivity index (χ0) is 13.9. The van der Waals surface area contributed by atoms with Gasteiger partial charge in [-0.15, -0.1) is 11.3 Å². The Balaban J connectivity index is 1.94. The molecular formula is C13H16N6S. The third-order valence-corrected chi connectivity index (χ3v) is 4.00. The number of imidazole rings is 1. The van der Waals surface area contributed by atoms with Gasteiger partial charge >= 0.3 is 0 Å². The third kappa shape index (κ3) is 2.44. The van der Waals surface area contributed by atoms with Crippen LogP contribution in [-0.4, -0.2) is 26.5 Å². The molecule has 0 amide bonds. The van der Waals surface area contributed by atoms with Crippen molar-refractivity contribution in [2.75, 3.05) is 17.2 Å². The van der Waals surface area contributed by atoms with Crippen molar-refractivity contribution in [1.82, 2.24) is 19.9 Å². The number of rotatable bonds is 5. The molecule has 3 N–H and O–H groups in total. The van der Waals surface area contributed by atoms with Crippen LogP contribution >= 0.6 is 11.3 Å². The highest BCUT2D eigenvalue weighted by molar-refractivity contribution is 7.10. The summed E-state index contributed by atoms with van der Waals surface area (Å²) in [6.07, 6.45) is 1.63. The number of nitrogens with one attached hydrogen (secondary N) is 3. The monoisotopic (exact) mass is 288 g/mol. The van der Waals surface area contributed by atoms with Crippen molar-refractivity contribution < 1.29 is 0 Å². The number of hydrogen-bond donors (Lipinski definition) is 3. The van der Waals surface area contributed by atoms with Gasteiger partial charge in [0.05, 0.1) is 12.4 Å². The first-order valence-corrected chi connectivity index (χ1v) is 7.41. The number of hydrogen-bond acceptors (Lipinski definition) is 6. The lowest BCUT2D eigenvalue weighted by Crippen LogP contribution is -2.10. The summed E-state index contributed by atoms with van der Waals surface area (Å²) < 4.78 is 0. The Kier molecular flexibility index (Phi) is 3.51. The SMILES string of the molecule is CCNc1nc(NC(C)c2cccs2)c2[nH]cnc2n1. The molecule has 0 bridgehead atoms. The second-order valence-electron chi connectivity index (χ2n) is 4.41. The molecule has 20 heavy (non-hydrogen) atoms. The van der Waals surface area contributed by atoms with Gasteiger partial charge in [0.15, 0.2) is 11.5 Å². The summed E-state index contributed by atoms with van der Waals surface area (Å²) in [5.74, 6) is 1.36. The average Bonchev–Trinajstić information content (AvgIpc) is 3.10. The predicted octanol–water partition coefficient (Wildman–Crippen LogP) is 3.02. The van der Waals surface area contributed by atoms with Gasteiger partial charge in [0.2, 0.25) is 5.95 Å². The smallest absolute Gasteiger partial charge is 0.226 e.